The van der Waals surface area contributed by atoms with E-state index in [4.69, 9.17) is 20.8 Å². The minimum absolute atomic E-state index is 0.205. The van der Waals surface area contributed by atoms with Crippen LogP contribution in [-0.2, 0) is 0 Å². The van der Waals surface area contributed by atoms with E-state index in [0.717, 1.165) is 5.56 Å². The number of hydrogen-bond donors (Lipinski definition) is 1. The molecule has 1 heterocycles. The van der Waals surface area contributed by atoms with Crippen LogP contribution < -0.4 is 10.1 Å². The molecule has 29 heavy (non-hydrogen) atoms. The van der Waals surface area contributed by atoms with E-state index < -0.39 is 5.82 Å². The number of rotatable bonds is 4. The number of hydrogen-bond acceptors (Lipinski definition) is 4. The number of nitrogens with zero attached hydrogens (tertiary/aromatic N) is 1. The second-order valence-corrected chi connectivity index (χ2v) is 6.84. The number of benzene rings is 3. The maximum Gasteiger partial charge on any atom is 0.259 e. The highest BCUT2D eigenvalue weighted by Gasteiger charge is 2.16. The van der Waals surface area contributed by atoms with Crippen molar-refractivity contribution in [2.75, 3.05) is 12.4 Å². The lowest BCUT2D eigenvalue weighted by molar-refractivity contribution is 0.102. The Morgan fingerprint density at radius 2 is 2.00 bits per heavy atom. The van der Waals surface area contributed by atoms with Crippen molar-refractivity contribution in [2.45, 2.75) is 6.92 Å². The van der Waals surface area contributed by atoms with E-state index in [-0.39, 0.29) is 16.8 Å². The molecule has 0 aliphatic carbocycles. The zero-order valence-electron chi connectivity index (χ0n) is 15.6. The van der Waals surface area contributed by atoms with E-state index in [1.165, 1.54) is 25.3 Å². The second-order valence-electron chi connectivity index (χ2n) is 6.44. The first-order valence-corrected chi connectivity index (χ1v) is 9.15. The monoisotopic (exact) mass is 410 g/mol. The highest BCUT2D eigenvalue weighted by molar-refractivity contribution is 6.33. The van der Waals surface area contributed by atoms with Gasteiger partial charge in [-0.05, 0) is 55.0 Å². The number of methoxy groups -OCH3 is 1. The fourth-order valence-electron chi connectivity index (χ4n) is 3.08. The van der Waals surface area contributed by atoms with Gasteiger partial charge in [0.15, 0.2) is 5.58 Å². The molecule has 0 fully saturated rings. The van der Waals surface area contributed by atoms with Crippen LogP contribution in [0.25, 0.3) is 22.6 Å². The van der Waals surface area contributed by atoms with Crippen LogP contribution in [0.4, 0.5) is 10.1 Å². The number of carbonyl (C=O) groups excluding carboxylic acids is 1. The number of fused-ring (bicyclic) bond motifs is 1. The third kappa shape index (κ3) is 3.67. The molecule has 0 unspecified atom stereocenters. The van der Waals surface area contributed by atoms with Crippen LogP contribution in [-0.4, -0.2) is 18.0 Å². The maximum absolute atomic E-state index is 13.3. The molecule has 1 aromatic heterocycles. The minimum atomic E-state index is -0.438. The zero-order chi connectivity index (χ0) is 20.5. The summed E-state index contributed by atoms with van der Waals surface area (Å²) in [5, 5.41) is 3.05. The number of oxazole rings is 1. The molecule has 5 nitrogen and oxygen atoms in total. The van der Waals surface area contributed by atoms with Crippen LogP contribution in [0, 0.1) is 12.7 Å². The lowest BCUT2D eigenvalue weighted by atomic mass is 10.1. The Morgan fingerprint density at radius 3 is 2.76 bits per heavy atom. The summed E-state index contributed by atoms with van der Waals surface area (Å²) >= 11 is 6.09. The average Bonchev–Trinajstić information content (AvgIpc) is 3.10. The Morgan fingerprint density at radius 1 is 1.17 bits per heavy atom. The first kappa shape index (κ1) is 19.0. The van der Waals surface area contributed by atoms with E-state index in [1.807, 2.05) is 13.0 Å². The third-order valence-corrected chi connectivity index (χ3v) is 4.78. The molecular formula is C22H16ClFN2O3. The third-order valence-electron chi connectivity index (χ3n) is 4.47. The van der Waals surface area contributed by atoms with Crippen molar-refractivity contribution in [3.8, 4) is 17.2 Å². The summed E-state index contributed by atoms with van der Waals surface area (Å²) in [6.07, 6.45) is 0. The van der Waals surface area contributed by atoms with Gasteiger partial charge in [-0.2, -0.15) is 0 Å². The highest BCUT2D eigenvalue weighted by Crippen LogP contribution is 2.31. The SMILES string of the molecule is COc1c(C)cccc1C(=O)Nc1ccc2oc(-c3ccc(F)cc3Cl)nc2c1. The summed E-state index contributed by atoms with van der Waals surface area (Å²) in [5.41, 5.74) is 3.40. The van der Waals surface area contributed by atoms with Crippen LogP contribution >= 0.6 is 11.6 Å². The van der Waals surface area contributed by atoms with Gasteiger partial charge in [-0.3, -0.25) is 4.79 Å². The number of aromatic nitrogens is 1. The molecule has 146 valence electrons. The minimum Gasteiger partial charge on any atom is -0.496 e. The molecule has 0 saturated carbocycles. The molecule has 0 aliphatic heterocycles. The lowest BCUT2D eigenvalue weighted by Gasteiger charge is -2.11. The summed E-state index contributed by atoms with van der Waals surface area (Å²) in [5.74, 6) is 0.0659. The van der Waals surface area contributed by atoms with Gasteiger partial charge in [0.25, 0.3) is 5.91 Å². The number of amides is 1. The smallest absolute Gasteiger partial charge is 0.259 e. The quantitative estimate of drug-likeness (QED) is 0.458. The summed E-state index contributed by atoms with van der Waals surface area (Å²) in [4.78, 5) is 17.1. The fraction of sp³-hybridized carbons (Fsp3) is 0.0909. The summed E-state index contributed by atoms with van der Waals surface area (Å²) in [6, 6.07) is 14.5. The van der Waals surface area contributed by atoms with Crippen molar-refractivity contribution in [1.82, 2.24) is 4.98 Å². The molecule has 1 amide bonds. The van der Waals surface area contributed by atoms with Crippen molar-refractivity contribution in [3.05, 3.63) is 76.6 Å². The summed E-state index contributed by atoms with van der Waals surface area (Å²) in [7, 11) is 1.53. The molecule has 0 aliphatic rings. The Bertz CT molecular complexity index is 1240. The molecule has 0 saturated heterocycles. The van der Waals surface area contributed by atoms with Gasteiger partial charge in [-0.1, -0.05) is 23.7 Å². The van der Waals surface area contributed by atoms with Gasteiger partial charge in [-0.25, -0.2) is 9.37 Å². The largest absolute Gasteiger partial charge is 0.496 e. The van der Waals surface area contributed by atoms with Crippen LogP contribution in [0.5, 0.6) is 5.75 Å². The van der Waals surface area contributed by atoms with E-state index in [1.54, 1.807) is 30.3 Å². The van der Waals surface area contributed by atoms with Crippen LogP contribution in [0.3, 0.4) is 0 Å². The zero-order valence-corrected chi connectivity index (χ0v) is 16.4. The number of nitrogens with one attached hydrogen (secondary N) is 1. The van der Waals surface area contributed by atoms with E-state index >= 15 is 0 Å². The summed E-state index contributed by atoms with van der Waals surface area (Å²) in [6.45, 7) is 1.87. The van der Waals surface area contributed by atoms with E-state index in [9.17, 15) is 9.18 Å². The number of carbonyl (C=O) groups is 1. The topological polar surface area (TPSA) is 64.4 Å². The first-order chi connectivity index (χ1) is 14.0. The predicted molar refractivity (Wildman–Crippen MR) is 110 cm³/mol. The van der Waals surface area contributed by atoms with Crippen molar-refractivity contribution in [3.63, 3.8) is 0 Å². The maximum atomic E-state index is 13.3. The Labute approximate surface area is 171 Å². The average molecular weight is 411 g/mol. The standard InChI is InChI=1S/C22H16ClFN2O3/c1-12-4-3-5-16(20(12)28-2)21(27)25-14-7-9-19-18(11-14)26-22(29-19)15-8-6-13(24)10-17(15)23/h3-11H,1-2H3,(H,25,27). The normalized spacial score (nSPS) is 10.9. The Balaban J connectivity index is 1.64. The van der Waals surface area contributed by atoms with E-state index in [2.05, 4.69) is 10.3 Å². The van der Waals surface area contributed by atoms with Crippen molar-refractivity contribution >= 4 is 34.3 Å². The molecule has 1 N–H and O–H groups in total. The van der Waals surface area contributed by atoms with Crippen LogP contribution in [0.1, 0.15) is 15.9 Å². The van der Waals surface area contributed by atoms with Gasteiger partial charge in [0, 0.05) is 5.69 Å². The number of para-hydroxylation sites is 1. The Kier molecular flexibility index (Phi) is 4.94. The van der Waals surface area contributed by atoms with Gasteiger partial charge in [0.1, 0.15) is 17.1 Å². The molecule has 0 atom stereocenters. The van der Waals surface area contributed by atoms with Crippen LogP contribution in [0.2, 0.25) is 5.02 Å². The number of ether oxygens (including phenoxy) is 1. The molecule has 0 spiro atoms. The lowest BCUT2D eigenvalue weighted by Crippen LogP contribution is -2.13. The molecule has 0 radical (unpaired) electrons. The molecule has 4 rings (SSSR count). The van der Waals surface area contributed by atoms with Crippen molar-refractivity contribution < 1.29 is 18.3 Å². The summed E-state index contributed by atoms with van der Waals surface area (Å²) < 4.78 is 24.3. The van der Waals surface area contributed by atoms with Gasteiger partial charge < -0.3 is 14.5 Å². The number of anilines is 1. The highest BCUT2D eigenvalue weighted by atomic mass is 35.5. The molecule has 3 aromatic carbocycles. The Hall–Kier alpha value is -3.38. The second kappa shape index (κ2) is 7.56. The molecule has 7 heteroatoms. The number of aryl methyl sites for hydroxylation is 1. The van der Waals surface area contributed by atoms with Crippen molar-refractivity contribution in [2.24, 2.45) is 0 Å². The first-order valence-electron chi connectivity index (χ1n) is 8.77. The van der Waals surface area contributed by atoms with Gasteiger partial charge in [0.05, 0.1) is 23.3 Å². The number of halogens is 2. The van der Waals surface area contributed by atoms with Gasteiger partial charge in [0.2, 0.25) is 5.89 Å². The van der Waals surface area contributed by atoms with Gasteiger partial charge >= 0.3 is 0 Å². The van der Waals surface area contributed by atoms with Gasteiger partial charge in [-0.15, -0.1) is 0 Å². The molecule has 0 bridgehead atoms. The molecular weight excluding hydrogens is 395 g/mol. The van der Waals surface area contributed by atoms with E-state index in [0.29, 0.717) is 33.7 Å². The fourth-order valence-corrected chi connectivity index (χ4v) is 3.33. The van der Waals surface area contributed by atoms with Crippen molar-refractivity contribution in [1.29, 1.82) is 0 Å². The molecule has 4 aromatic rings. The van der Waals surface area contributed by atoms with Crippen LogP contribution in [0.15, 0.2) is 59.0 Å². The predicted octanol–water partition coefficient (Wildman–Crippen LogP) is 5.86.